The van der Waals surface area contributed by atoms with E-state index in [1.807, 2.05) is 0 Å². The highest BCUT2D eigenvalue weighted by atomic mass is 31.2. The molecule has 13 atom stereocenters. The zero-order chi connectivity index (χ0) is 41.6. The van der Waals surface area contributed by atoms with Crippen LogP contribution in [0.1, 0.15) is 160 Å². The number of hydrogen-bond acceptors (Lipinski definition) is 6. The SMILES string of the molecule is CC(C)C1CC[C@@H](C)C[C@H]1OP(Oc1ccccc1[Si](C)(C)OP(O[C@@H]1C[C@H](C)CC[C@H]1C(C)C)O[C@@H]1C[C@H](C)CC[C@H]1C(C)C)O[C@@H]1C[C@H](C)CC[C@H]1C(C)C. The normalized spacial score (nSPS) is 35.1. The van der Waals surface area contributed by atoms with E-state index in [2.05, 4.69) is 120 Å². The van der Waals surface area contributed by atoms with Gasteiger partial charge in [-0.1, -0.05) is 127 Å². The van der Waals surface area contributed by atoms with E-state index in [1.54, 1.807) is 0 Å². The highest BCUT2D eigenvalue weighted by Crippen LogP contribution is 2.54. The smallest absolute Gasteiger partial charge is 0.397 e. The van der Waals surface area contributed by atoms with Gasteiger partial charge in [-0.15, -0.1) is 0 Å². The Morgan fingerprint density at radius 3 is 1.12 bits per heavy atom. The predicted octanol–water partition coefficient (Wildman–Crippen LogP) is 14.9. The monoisotopic (exact) mass is 849 g/mol. The number of benzene rings is 1. The van der Waals surface area contributed by atoms with Crippen molar-refractivity contribution in [3.63, 3.8) is 0 Å². The molecule has 0 saturated heterocycles. The number of para-hydroxylation sites is 1. The van der Waals surface area contributed by atoms with Crippen molar-refractivity contribution in [3.8, 4) is 5.75 Å². The third-order valence-electron chi connectivity index (χ3n) is 14.7. The molecule has 2 unspecified atom stereocenters. The van der Waals surface area contributed by atoms with Gasteiger partial charge in [0.05, 0.1) is 24.4 Å². The summed E-state index contributed by atoms with van der Waals surface area (Å²) in [6.45, 7) is 33.0. The summed E-state index contributed by atoms with van der Waals surface area (Å²) in [6.07, 6.45) is 14.7. The second kappa shape index (κ2) is 21.8. The third-order valence-corrected chi connectivity index (χ3v) is 21.0. The Morgan fingerprint density at radius 1 is 0.474 bits per heavy atom. The molecule has 0 bridgehead atoms. The van der Waals surface area contributed by atoms with Crippen LogP contribution in [0.3, 0.4) is 0 Å². The molecule has 5 rings (SSSR count). The minimum atomic E-state index is -2.69. The second-order valence-electron chi connectivity index (χ2n) is 21.5. The molecule has 0 radical (unpaired) electrons. The average molecular weight is 849 g/mol. The minimum absolute atomic E-state index is 0.125. The summed E-state index contributed by atoms with van der Waals surface area (Å²) in [5.74, 6) is 7.63. The Morgan fingerprint density at radius 2 is 0.789 bits per heavy atom. The molecule has 0 amide bonds. The first-order valence-corrected chi connectivity index (χ1v) is 28.7. The molecule has 4 aliphatic carbocycles. The standard InChI is InChI=1S/C48H86O6P2Si/c1-31(2)39-23-19-35(9)27-44(39)50-55(51-45-28-36(10)20-24-40(45)32(3)4)49-43-17-15-16-18-48(43)57(13,14)54-56(52-46-29-37(11)21-25-41(46)33(5)6)53-47-30-38(12)22-26-42(47)34(7)8/h15-18,31-42,44-47H,19-30H2,1-14H3/t35-,36-,37-,38-,39+,40?,41+,42+,44-,45-,46-,47-,55?/m1/s1. The van der Waals surface area contributed by atoms with E-state index in [1.165, 1.54) is 51.4 Å². The first-order valence-electron chi connectivity index (χ1n) is 23.7. The number of rotatable bonds is 17. The summed E-state index contributed by atoms with van der Waals surface area (Å²) < 4.78 is 43.4. The molecule has 4 saturated carbocycles. The molecule has 0 aromatic heterocycles. The predicted molar refractivity (Wildman–Crippen MR) is 244 cm³/mol. The Balaban J connectivity index is 1.46. The highest BCUT2D eigenvalue weighted by molar-refractivity contribution is 7.44. The third kappa shape index (κ3) is 13.4. The summed E-state index contributed by atoms with van der Waals surface area (Å²) in [5.41, 5.74) is 0. The molecule has 57 heavy (non-hydrogen) atoms. The van der Waals surface area contributed by atoms with E-state index in [0.717, 1.165) is 36.6 Å². The summed E-state index contributed by atoms with van der Waals surface area (Å²) in [4.78, 5) is 0. The maximum Gasteiger partial charge on any atom is 0.397 e. The van der Waals surface area contributed by atoms with Crippen LogP contribution < -0.4 is 9.71 Å². The molecule has 4 fully saturated rings. The molecule has 0 heterocycles. The largest absolute Gasteiger partial charge is 0.427 e. The van der Waals surface area contributed by atoms with E-state index in [0.29, 0.717) is 71.0 Å². The molecule has 0 spiro atoms. The van der Waals surface area contributed by atoms with Gasteiger partial charge in [-0.2, -0.15) is 0 Å². The first-order chi connectivity index (χ1) is 26.9. The average Bonchev–Trinajstić information content (AvgIpc) is 3.11. The fraction of sp³-hybridized carbons (Fsp3) is 0.875. The van der Waals surface area contributed by atoms with E-state index >= 15 is 0 Å². The van der Waals surface area contributed by atoms with Crippen molar-refractivity contribution in [1.29, 1.82) is 0 Å². The molecule has 0 N–H and O–H groups in total. The van der Waals surface area contributed by atoms with Gasteiger partial charge < -0.3 is 17.8 Å². The van der Waals surface area contributed by atoms with Crippen LogP contribution in [-0.2, 0) is 22.3 Å². The lowest BCUT2D eigenvalue weighted by atomic mass is 9.75. The molecule has 1 aromatic carbocycles. The van der Waals surface area contributed by atoms with Crippen LogP contribution in [0.4, 0.5) is 0 Å². The minimum Gasteiger partial charge on any atom is -0.427 e. The lowest BCUT2D eigenvalue weighted by Crippen LogP contribution is -2.45. The van der Waals surface area contributed by atoms with E-state index in [9.17, 15) is 0 Å². The maximum atomic E-state index is 7.41. The van der Waals surface area contributed by atoms with E-state index < -0.39 is 25.5 Å². The zero-order valence-electron chi connectivity index (χ0n) is 38.9. The molecule has 9 heteroatoms. The lowest BCUT2D eigenvalue weighted by molar-refractivity contribution is -0.00310. The first kappa shape index (κ1) is 47.9. The van der Waals surface area contributed by atoms with Gasteiger partial charge in [0.25, 0.3) is 0 Å². The van der Waals surface area contributed by atoms with Crippen molar-refractivity contribution in [3.05, 3.63) is 24.3 Å². The Hall–Kier alpha value is -0.103. The van der Waals surface area contributed by atoms with Crippen LogP contribution in [-0.4, -0.2) is 32.7 Å². The summed E-state index contributed by atoms with van der Waals surface area (Å²) in [5, 5.41) is 1.12. The van der Waals surface area contributed by atoms with Gasteiger partial charge in [0.2, 0.25) is 8.32 Å². The molecular weight excluding hydrogens is 763 g/mol. The quantitative estimate of drug-likeness (QED) is 0.115. The van der Waals surface area contributed by atoms with Crippen LogP contribution in [0.15, 0.2) is 24.3 Å². The summed E-state index contributed by atoms with van der Waals surface area (Å²) in [7, 11) is -5.96. The van der Waals surface area contributed by atoms with Crippen molar-refractivity contribution in [2.75, 3.05) is 0 Å². The van der Waals surface area contributed by atoms with E-state index in [-0.39, 0.29) is 24.4 Å². The highest BCUT2D eigenvalue weighted by Gasteiger charge is 2.44. The zero-order valence-corrected chi connectivity index (χ0v) is 41.7. The van der Waals surface area contributed by atoms with Crippen LogP contribution in [0, 0.1) is 71.0 Å². The Labute approximate surface area is 354 Å². The van der Waals surface area contributed by atoms with Gasteiger partial charge in [-0.3, -0.25) is 9.05 Å². The Kier molecular flexibility index (Phi) is 18.3. The molecular formula is C48H86O6P2Si. The van der Waals surface area contributed by atoms with Gasteiger partial charge in [-0.05, 0) is 142 Å². The lowest BCUT2D eigenvalue weighted by Gasteiger charge is -2.42. The van der Waals surface area contributed by atoms with E-state index in [4.69, 9.17) is 26.8 Å². The maximum absolute atomic E-state index is 7.41. The van der Waals surface area contributed by atoms with Crippen LogP contribution in [0.5, 0.6) is 5.75 Å². The molecule has 6 nitrogen and oxygen atoms in total. The summed E-state index contributed by atoms with van der Waals surface area (Å²) in [6, 6.07) is 8.58. The van der Waals surface area contributed by atoms with Gasteiger partial charge >= 0.3 is 17.2 Å². The van der Waals surface area contributed by atoms with Crippen LogP contribution in [0.2, 0.25) is 13.1 Å². The van der Waals surface area contributed by atoms with Crippen molar-refractivity contribution in [2.24, 2.45) is 71.0 Å². The second-order valence-corrected chi connectivity index (χ2v) is 27.7. The topological polar surface area (TPSA) is 55.4 Å². The van der Waals surface area contributed by atoms with Gasteiger partial charge in [-0.25, -0.2) is 0 Å². The van der Waals surface area contributed by atoms with Crippen molar-refractivity contribution < 1.29 is 26.8 Å². The summed E-state index contributed by atoms with van der Waals surface area (Å²) >= 11 is 0. The van der Waals surface area contributed by atoms with Crippen LogP contribution in [0.25, 0.3) is 0 Å². The fourth-order valence-corrected chi connectivity index (χ4v) is 16.8. The van der Waals surface area contributed by atoms with Crippen molar-refractivity contribution >= 4 is 30.7 Å². The van der Waals surface area contributed by atoms with Gasteiger partial charge in [0.15, 0.2) is 0 Å². The Bertz CT molecular complexity index is 1280. The van der Waals surface area contributed by atoms with Crippen LogP contribution >= 0.6 is 17.2 Å². The molecule has 4 aliphatic rings. The van der Waals surface area contributed by atoms with Crippen molar-refractivity contribution in [1.82, 2.24) is 0 Å². The van der Waals surface area contributed by atoms with Gasteiger partial charge in [0.1, 0.15) is 5.75 Å². The molecule has 0 aliphatic heterocycles. The molecule has 1 aromatic rings. The fourth-order valence-electron chi connectivity index (χ4n) is 10.9. The number of hydrogen-bond donors (Lipinski definition) is 0. The molecule has 328 valence electrons. The van der Waals surface area contributed by atoms with Crippen molar-refractivity contribution in [2.45, 2.75) is 198 Å². The van der Waals surface area contributed by atoms with Gasteiger partial charge in [0, 0.05) is 5.19 Å².